The zero-order chi connectivity index (χ0) is 13.6. The van der Waals surface area contributed by atoms with E-state index in [1.54, 1.807) is 4.68 Å². The van der Waals surface area contributed by atoms with E-state index in [-0.39, 0.29) is 0 Å². The van der Waals surface area contributed by atoms with Gasteiger partial charge in [0.05, 0.1) is 5.69 Å². The van der Waals surface area contributed by atoms with E-state index >= 15 is 0 Å². The number of tetrazole rings is 1. The minimum absolute atomic E-state index is 0.764. The Bertz CT molecular complexity index is 553. The van der Waals surface area contributed by atoms with Crippen molar-refractivity contribution in [2.45, 2.75) is 25.7 Å². The molecule has 5 heteroatoms. The van der Waals surface area contributed by atoms with Crippen molar-refractivity contribution in [1.82, 2.24) is 25.1 Å². The van der Waals surface area contributed by atoms with Gasteiger partial charge in [-0.05, 0) is 35.4 Å². The van der Waals surface area contributed by atoms with Crippen LogP contribution in [-0.4, -0.2) is 38.2 Å². The first kappa shape index (κ1) is 12.8. The Hall–Kier alpha value is -2.17. The number of hydrogen-bond acceptors (Lipinski definition) is 4. The van der Waals surface area contributed by atoms with Gasteiger partial charge in [0.2, 0.25) is 0 Å². The summed E-state index contributed by atoms with van der Waals surface area (Å²) < 4.78 is 1.76. The van der Waals surface area contributed by atoms with Crippen LogP contribution in [0.3, 0.4) is 0 Å². The molecule has 3 rings (SSSR count). The highest BCUT2D eigenvalue weighted by molar-refractivity contribution is 5.43. The molecule has 2 aromatic rings. The number of hydrogen-bond donors (Lipinski definition) is 0. The third-order valence-electron chi connectivity index (χ3n) is 3.57. The molecule has 104 valence electrons. The summed E-state index contributed by atoms with van der Waals surface area (Å²) in [6, 6.07) is 9.96. The Morgan fingerprint density at radius 1 is 0.950 bits per heavy atom. The maximum absolute atomic E-state index is 4.09. The van der Waals surface area contributed by atoms with Gasteiger partial charge in [0.1, 0.15) is 0 Å². The molecule has 0 atom stereocenters. The molecule has 0 aliphatic carbocycles. The normalized spacial score (nSPS) is 16.5. The van der Waals surface area contributed by atoms with Crippen LogP contribution in [0.4, 0.5) is 0 Å². The number of aromatic nitrogens is 4. The Balaban J connectivity index is 1.76. The number of nitrogens with zero attached hydrogens (tertiary/aromatic N) is 5. The fourth-order valence-electron chi connectivity index (χ4n) is 2.47. The Morgan fingerprint density at radius 3 is 2.45 bits per heavy atom. The standard InChI is InChI=1S/C15H19N5/c1-2-7-12-19(11-6-1)13-10-15-16-17-18-20(15)14-8-4-3-5-9-14/h3-5,8-10,13H,1-2,6-7,11-12H2/b13-10+. The molecule has 2 heterocycles. The Kier molecular flexibility index (Phi) is 4.06. The fraction of sp³-hybridized carbons (Fsp3) is 0.400. The largest absolute Gasteiger partial charge is 0.377 e. The summed E-state index contributed by atoms with van der Waals surface area (Å²) in [6.07, 6.45) is 9.34. The maximum atomic E-state index is 4.09. The highest BCUT2D eigenvalue weighted by Gasteiger charge is 2.07. The van der Waals surface area contributed by atoms with Crippen molar-refractivity contribution in [2.75, 3.05) is 13.1 Å². The molecule has 5 nitrogen and oxygen atoms in total. The second-order valence-corrected chi connectivity index (χ2v) is 5.05. The molecule has 20 heavy (non-hydrogen) atoms. The second kappa shape index (κ2) is 6.32. The number of rotatable bonds is 3. The van der Waals surface area contributed by atoms with Gasteiger partial charge in [0, 0.05) is 25.4 Å². The van der Waals surface area contributed by atoms with Crippen molar-refractivity contribution in [3.63, 3.8) is 0 Å². The third-order valence-corrected chi connectivity index (χ3v) is 3.57. The van der Waals surface area contributed by atoms with Gasteiger partial charge in [-0.25, -0.2) is 0 Å². The lowest BCUT2D eigenvalue weighted by molar-refractivity contribution is 0.394. The van der Waals surface area contributed by atoms with Crippen molar-refractivity contribution in [1.29, 1.82) is 0 Å². The van der Waals surface area contributed by atoms with Crippen LogP contribution in [0.25, 0.3) is 11.8 Å². The first-order valence-corrected chi connectivity index (χ1v) is 7.19. The number of likely N-dealkylation sites (tertiary alicyclic amines) is 1. The van der Waals surface area contributed by atoms with Gasteiger partial charge in [0.25, 0.3) is 0 Å². The van der Waals surface area contributed by atoms with Crippen LogP contribution in [0, 0.1) is 0 Å². The van der Waals surface area contributed by atoms with Crippen molar-refractivity contribution < 1.29 is 0 Å². The molecule has 1 saturated heterocycles. The molecular formula is C15H19N5. The van der Waals surface area contributed by atoms with Crippen molar-refractivity contribution in [2.24, 2.45) is 0 Å². The molecule has 1 fully saturated rings. The van der Waals surface area contributed by atoms with Crippen LogP contribution in [0.1, 0.15) is 31.5 Å². The van der Waals surface area contributed by atoms with E-state index in [0.29, 0.717) is 0 Å². The van der Waals surface area contributed by atoms with Crippen LogP contribution >= 0.6 is 0 Å². The molecule has 0 amide bonds. The van der Waals surface area contributed by atoms with E-state index < -0.39 is 0 Å². The molecule has 0 saturated carbocycles. The molecule has 0 unspecified atom stereocenters. The van der Waals surface area contributed by atoms with Gasteiger partial charge in [0.15, 0.2) is 5.82 Å². The summed E-state index contributed by atoms with van der Waals surface area (Å²) in [5, 5.41) is 11.9. The average molecular weight is 269 g/mol. The van der Waals surface area contributed by atoms with Gasteiger partial charge in [-0.3, -0.25) is 0 Å². The zero-order valence-corrected chi connectivity index (χ0v) is 11.5. The van der Waals surface area contributed by atoms with Crippen molar-refractivity contribution in [3.8, 4) is 5.69 Å². The van der Waals surface area contributed by atoms with E-state index in [2.05, 4.69) is 26.6 Å². The van der Waals surface area contributed by atoms with Crippen LogP contribution < -0.4 is 0 Å². The molecule has 1 aromatic heterocycles. The van der Waals surface area contributed by atoms with Gasteiger partial charge in [-0.1, -0.05) is 31.0 Å². The van der Waals surface area contributed by atoms with Crippen molar-refractivity contribution >= 4 is 6.08 Å². The second-order valence-electron chi connectivity index (χ2n) is 5.05. The van der Waals surface area contributed by atoms with Crippen LogP contribution in [0.5, 0.6) is 0 Å². The maximum Gasteiger partial charge on any atom is 0.181 e. The lowest BCUT2D eigenvalue weighted by Gasteiger charge is -2.16. The summed E-state index contributed by atoms with van der Waals surface area (Å²) in [4.78, 5) is 2.36. The van der Waals surface area contributed by atoms with Gasteiger partial charge in [-0.2, -0.15) is 4.68 Å². The summed E-state index contributed by atoms with van der Waals surface area (Å²) in [5.74, 6) is 0.764. The first-order valence-electron chi connectivity index (χ1n) is 7.19. The van der Waals surface area contributed by atoms with E-state index in [1.807, 2.05) is 36.4 Å². The smallest absolute Gasteiger partial charge is 0.181 e. The molecular weight excluding hydrogens is 250 g/mol. The predicted octanol–water partition coefficient (Wildman–Crippen LogP) is 2.51. The highest BCUT2D eigenvalue weighted by Crippen LogP contribution is 2.12. The van der Waals surface area contributed by atoms with Crippen LogP contribution in [0.15, 0.2) is 36.5 Å². The van der Waals surface area contributed by atoms with Crippen LogP contribution in [0.2, 0.25) is 0 Å². The molecule has 0 bridgehead atoms. The highest BCUT2D eigenvalue weighted by atomic mass is 15.5. The zero-order valence-electron chi connectivity index (χ0n) is 11.5. The SMILES string of the molecule is C(=C\N1CCCCCC1)/c1nnnn1-c1ccccc1. The molecule has 0 N–H and O–H groups in total. The van der Waals surface area contributed by atoms with Gasteiger partial charge >= 0.3 is 0 Å². The lowest BCUT2D eigenvalue weighted by Crippen LogP contribution is -2.17. The van der Waals surface area contributed by atoms with E-state index in [0.717, 1.165) is 24.6 Å². The number of benzene rings is 1. The summed E-state index contributed by atoms with van der Waals surface area (Å²) in [5.41, 5.74) is 0.980. The molecule has 0 radical (unpaired) electrons. The fourth-order valence-corrected chi connectivity index (χ4v) is 2.47. The summed E-state index contributed by atoms with van der Waals surface area (Å²) >= 11 is 0. The topological polar surface area (TPSA) is 46.8 Å². The molecule has 1 aliphatic rings. The Labute approximate surface area is 118 Å². The van der Waals surface area contributed by atoms with E-state index in [9.17, 15) is 0 Å². The first-order chi connectivity index (χ1) is 9.93. The van der Waals surface area contributed by atoms with Gasteiger partial charge in [-0.15, -0.1) is 5.10 Å². The third kappa shape index (κ3) is 3.04. The quantitative estimate of drug-likeness (QED) is 0.859. The van der Waals surface area contributed by atoms with E-state index in [4.69, 9.17) is 0 Å². The monoisotopic (exact) mass is 269 g/mol. The minimum Gasteiger partial charge on any atom is -0.377 e. The number of para-hydroxylation sites is 1. The lowest BCUT2D eigenvalue weighted by atomic mass is 10.2. The predicted molar refractivity (Wildman–Crippen MR) is 78.2 cm³/mol. The molecule has 1 aromatic carbocycles. The molecule has 1 aliphatic heterocycles. The minimum atomic E-state index is 0.764. The van der Waals surface area contributed by atoms with Crippen LogP contribution in [-0.2, 0) is 0 Å². The summed E-state index contributed by atoms with van der Waals surface area (Å²) in [6.45, 7) is 2.26. The molecule has 0 spiro atoms. The average Bonchev–Trinajstić information content (AvgIpc) is 2.81. The Morgan fingerprint density at radius 2 is 1.70 bits per heavy atom. The van der Waals surface area contributed by atoms with Crippen molar-refractivity contribution in [3.05, 3.63) is 42.4 Å². The van der Waals surface area contributed by atoms with E-state index in [1.165, 1.54) is 25.7 Å². The summed E-state index contributed by atoms with van der Waals surface area (Å²) in [7, 11) is 0. The van der Waals surface area contributed by atoms with Gasteiger partial charge < -0.3 is 4.90 Å².